The molecule has 0 N–H and O–H groups in total. The van der Waals surface area contributed by atoms with Gasteiger partial charge in [0.05, 0.1) is 12.4 Å². The van der Waals surface area contributed by atoms with Crippen LogP contribution in [0.25, 0.3) is 5.69 Å². The van der Waals surface area contributed by atoms with Crippen LogP contribution in [0, 0.1) is 0 Å². The number of benzene rings is 2. The minimum Gasteiger partial charge on any atom is -0.494 e. The summed E-state index contributed by atoms with van der Waals surface area (Å²) in [6.45, 7) is 8.33. The van der Waals surface area contributed by atoms with Crippen molar-refractivity contribution in [1.29, 1.82) is 0 Å². The first kappa shape index (κ1) is 20.1. The Morgan fingerprint density at radius 3 is 2.43 bits per heavy atom. The van der Waals surface area contributed by atoms with Gasteiger partial charge in [0.2, 0.25) is 5.16 Å². The monoisotopic (exact) mass is 396 g/mol. The van der Waals surface area contributed by atoms with Crippen molar-refractivity contribution in [3.63, 3.8) is 0 Å². The van der Waals surface area contributed by atoms with E-state index in [0.717, 1.165) is 5.69 Å². The summed E-state index contributed by atoms with van der Waals surface area (Å²) >= 11 is 1.33. The normalized spacial score (nSPS) is 12.6. The molecule has 0 aliphatic carbocycles. The van der Waals surface area contributed by atoms with Gasteiger partial charge in [0, 0.05) is 5.56 Å². The third-order valence-electron chi connectivity index (χ3n) is 4.44. The number of carbonyl (C=O) groups excluding carboxylic acids is 1. The molecular formula is C21H24N4O2S. The molecule has 0 saturated heterocycles. The van der Waals surface area contributed by atoms with Gasteiger partial charge in [-0.1, -0.05) is 68.9 Å². The SMILES string of the molecule is COc1ccccc1-n1nnnc1SC(C)C(=O)c1ccc(C(C)(C)C)cc1. The lowest BCUT2D eigenvalue weighted by molar-refractivity contribution is 0.0994. The highest BCUT2D eigenvalue weighted by Crippen LogP contribution is 2.29. The van der Waals surface area contributed by atoms with Gasteiger partial charge in [0.25, 0.3) is 0 Å². The highest BCUT2D eigenvalue weighted by atomic mass is 32.2. The predicted octanol–water partition coefficient (Wildman–Crippen LogP) is 4.33. The first-order chi connectivity index (χ1) is 13.3. The maximum Gasteiger partial charge on any atom is 0.214 e. The molecule has 6 nitrogen and oxygen atoms in total. The average molecular weight is 397 g/mol. The fraction of sp³-hybridized carbons (Fsp3) is 0.333. The number of aromatic nitrogens is 4. The number of carbonyl (C=O) groups is 1. The van der Waals surface area contributed by atoms with E-state index in [4.69, 9.17) is 4.74 Å². The number of ether oxygens (including phenoxy) is 1. The molecule has 1 atom stereocenters. The number of hydrogen-bond acceptors (Lipinski definition) is 6. The van der Waals surface area contributed by atoms with Gasteiger partial charge in [-0.15, -0.1) is 5.10 Å². The second-order valence-corrected chi connectivity index (χ2v) is 8.80. The van der Waals surface area contributed by atoms with Crippen LogP contribution in [0.5, 0.6) is 5.75 Å². The van der Waals surface area contributed by atoms with Crippen LogP contribution in [-0.2, 0) is 5.41 Å². The molecule has 0 aliphatic rings. The molecule has 146 valence electrons. The van der Waals surface area contributed by atoms with Crippen LogP contribution in [-0.4, -0.2) is 38.4 Å². The molecular weight excluding hydrogens is 372 g/mol. The Morgan fingerprint density at radius 1 is 1.11 bits per heavy atom. The molecule has 0 spiro atoms. The van der Waals surface area contributed by atoms with Gasteiger partial charge in [-0.2, -0.15) is 4.68 Å². The lowest BCUT2D eigenvalue weighted by Crippen LogP contribution is -2.16. The van der Waals surface area contributed by atoms with Gasteiger partial charge in [0.15, 0.2) is 5.78 Å². The molecule has 0 saturated carbocycles. The highest BCUT2D eigenvalue weighted by molar-refractivity contribution is 8.00. The molecule has 1 heterocycles. The number of para-hydroxylation sites is 2. The van der Waals surface area contributed by atoms with Crippen molar-refractivity contribution in [3.8, 4) is 11.4 Å². The Balaban J connectivity index is 1.80. The summed E-state index contributed by atoms with van der Waals surface area (Å²) < 4.78 is 6.99. The fourth-order valence-corrected chi connectivity index (χ4v) is 3.67. The molecule has 0 aliphatic heterocycles. The summed E-state index contributed by atoms with van der Waals surface area (Å²) in [5, 5.41) is 12.1. The standard InChI is InChI=1S/C21H24N4O2S/c1-14(19(26)15-10-12-16(13-11-15)21(2,3)4)28-20-22-23-24-25(20)17-8-6-7-9-18(17)27-5/h6-14H,1-5H3. The van der Waals surface area contributed by atoms with Gasteiger partial charge in [-0.05, 0) is 40.5 Å². The number of hydrogen-bond donors (Lipinski definition) is 0. The Bertz CT molecular complexity index is 961. The zero-order valence-corrected chi connectivity index (χ0v) is 17.5. The number of Topliss-reactive ketones (excluding diaryl/α,β-unsaturated/α-hetero) is 1. The molecule has 7 heteroatoms. The van der Waals surface area contributed by atoms with Gasteiger partial charge in [-0.3, -0.25) is 4.79 Å². The van der Waals surface area contributed by atoms with Crippen molar-refractivity contribution in [2.24, 2.45) is 0 Å². The summed E-state index contributed by atoms with van der Waals surface area (Å²) in [4.78, 5) is 12.9. The molecule has 0 bridgehead atoms. The molecule has 2 aromatic carbocycles. The molecule has 0 amide bonds. The van der Waals surface area contributed by atoms with Crippen molar-refractivity contribution in [1.82, 2.24) is 20.2 Å². The topological polar surface area (TPSA) is 69.9 Å². The third-order valence-corrected chi connectivity index (χ3v) is 5.47. The summed E-state index contributed by atoms with van der Waals surface area (Å²) in [6.07, 6.45) is 0. The molecule has 0 fully saturated rings. The summed E-state index contributed by atoms with van der Waals surface area (Å²) in [6, 6.07) is 15.3. The summed E-state index contributed by atoms with van der Waals surface area (Å²) in [5.41, 5.74) is 2.67. The largest absolute Gasteiger partial charge is 0.494 e. The molecule has 3 rings (SSSR count). The van der Waals surface area contributed by atoms with Crippen molar-refractivity contribution in [2.75, 3.05) is 7.11 Å². The lowest BCUT2D eigenvalue weighted by Gasteiger charge is -2.19. The zero-order valence-electron chi connectivity index (χ0n) is 16.7. The van der Waals surface area contributed by atoms with E-state index in [9.17, 15) is 4.79 Å². The number of thioether (sulfide) groups is 1. The van der Waals surface area contributed by atoms with E-state index in [1.165, 1.54) is 17.3 Å². The van der Waals surface area contributed by atoms with Gasteiger partial charge < -0.3 is 4.74 Å². The van der Waals surface area contributed by atoms with E-state index in [0.29, 0.717) is 16.5 Å². The first-order valence-electron chi connectivity index (χ1n) is 9.04. The van der Waals surface area contributed by atoms with Crippen LogP contribution < -0.4 is 4.74 Å². The lowest BCUT2D eigenvalue weighted by atomic mass is 9.86. The Kier molecular flexibility index (Phi) is 5.84. The number of rotatable bonds is 6. The van der Waals surface area contributed by atoms with Crippen LogP contribution in [0.4, 0.5) is 0 Å². The number of ketones is 1. The zero-order chi connectivity index (χ0) is 20.3. The maximum atomic E-state index is 12.9. The van der Waals surface area contributed by atoms with Gasteiger partial charge in [0.1, 0.15) is 11.4 Å². The van der Waals surface area contributed by atoms with Crippen LogP contribution >= 0.6 is 11.8 Å². The van der Waals surface area contributed by atoms with Gasteiger partial charge in [-0.25, -0.2) is 0 Å². The summed E-state index contributed by atoms with van der Waals surface area (Å²) in [5.74, 6) is 0.702. The van der Waals surface area contributed by atoms with Crippen molar-refractivity contribution < 1.29 is 9.53 Å². The Labute approximate surface area is 169 Å². The van der Waals surface area contributed by atoms with E-state index >= 15 is 0 Å². The number of tetrazole rings is 1. The second kappa shape index (κ2) is 8.14. The van der Waals surface area contributed by atoms with Crippen LogP contribution in [0.15, 0.2) is 53.7 Å². The molecule has 1 unspecified atom stereocenters. The predicted molar refractivity (Wildman–Crippen MR) is 110 cm³/mol. The maximum absolute atomic E-state index is 12.9. The van der Waals surface area contributed by atoms with Crippen LogP contribution in [0.2, 0.25) is 0 Å². The summed E-state index contributed by atoms with van der Waals surface area (Å²) in [7, 11) is 1.60. The third kappa shape index (κ3) is 4.25. The van der Waals surface area contributed by atoms with E-state index in [-0.39, 0.29) is 16.4 Å². The molecule has 3 aromatic rings. The van der Waals surface area contributed by atoms with Crippen molar-refractivity contribution in [3.05, 3.63) is 59.7 Å². The Hall–Kier alpha value is -2.67. The number of nitrogens with zero attached hydrogens (tertiary/aromatic N) is 4. The van der Waals surface area contributed by atoms with E-state index in [1.807, 2.05) is 55.5 Å². The van der Waals surface area contributed by atoms with Crippen molar-refractivity contribution in [2.45, 2.75) is 43.5 Å². The second-order valence-electron chi connectivity index (χ2n) is 7.50. The molecule has 0 radical (unpaired) electrons. The first-order valence-corrected chi connectivity index (χ1v) is 9.92. The average Bonchev–Trinajstić information content (AvgIpc) is 3.14. The van der Waals surface area contributed by atoms with E-state index < -0.39 is 0 Å². The number of methoxy groups -OCH3 is 1. The fourth-order valence-electron chi connectivity index (χ4n) is 2.79. The van der Waals surface area contributed by atoms with Crippen LogP contribution in [0.3, 0.4) is 0 Å². The quantitative estimate of drug-likeness (QED) is 0.456. The Morgan fingerprint density at radius 2 is 1.79 bits per heavy atom. The smallest absolute Gasteiger partial charge is 0.214 e. The minimum atomic E-state index is -0.333. The van der Waals surface area contributed by atoms with E-state index in [2.05, 4.69) is 36.3 Å². The molecule has 28 heavy (non-hydrogen) atoms. The van der Waals surface area contributed by atoms with Crippen molar-refractivity contribution >= 4 is 17.5 Å². The van der Waals surface area contributed by atoms with Gasteiger partial charge >= 0.3 is 0 Å². The minimum absolute atomic E-state index is 0.0417. The molecule has 1 aromatic heterocycles. The highest BCUT2D eigenvalue weighted by Gasteiger charge is 2.22. The van der Waals surface area contributed by atoms with Crippen LogP contribution in [0.1, 0.15) is 43.6 Å². The van der Waals surface area contributed by atoms with E-state index in [1.54, 1.807) is 11.8 Å².